The predicted molar refractivity (Wildman–Crippen MR) is 105 cm³/mol. The second kappa shape index (κ2) is 8.19. The molecular weight excluding hydrogens is 346 g/mol. The lowest BCUT2D eigenvalue weighted by molar-refractivity contribution is 0.0953. The number of carbonyl (C=O) groups excluding carboxylic acids is 1. The molecule has 3 rings (SSSR count). The zero-order chi connectivity index (χ0) is 18.5. The highest BCUT2D eigenvalue weighted by molar-refractivity contribution is 6.31. The smallest absolute Gasteiger partial charge is 0.255 e. The molecule has 1 heterocycles. The summed E-state index contributed by atoms with van der Waals surface area (Å²) < 4.78 is 1.84. The zero-order valence-electron chi connectivity index (χ0n) is 15.0. The minimum absolute atomic E-state index is 0.0821. The summed E-state index contributed by atoms with van der Waals surface area (Å²) in [5.74, 6) is -0.0821. The Balaban J connectivity index is 1.69. The van der Waals surface area contributed by atoms with Crippen LogP contribution in [0.3, 0.4) is 0 Å². The number of aromatic nitrogens is 2. The Bertz CT molecular complexity index is 903. The van der Waals surface area contributed by atoms with Gasteiger partial charge in [0, 0.05) is 17.3 Å². The maximum absolute atomic E-state index is 12.6. The van der Waals surface area contributed by atoms with Crippen molar-refractivity contribution in [2.45, 2.75) is 26.8 Å². The number of hydrogen-bond donors (Lipinski definition) is 1. The van der Waals surface area contributed by atoms with Crippen LogP contribution in [0.5, 0.6) is 0 Å². The first-order valence-electron chi connectivity index (χ1n) is 8.66. The van der Waals surface area contributed by atoms with Gasteiger partial charge >= 0.3 is 0 Å². The SMILES string of the molecule is Cc1nn(Cc2ccccc2Cl)c(C)c1C(=O)NCCc1ccccc1. The number of aryl methyl sites for hydroxylation is 1. The molecule has 0 saturated heterocycles. The van der Waals surface area contributed by atoms with Gasteiger partial charge in [0.05, 0.1) is 17.8 Å². The molecular formula is C21H22ClN3O. The topological polar surface area (TPSA) is 46.9 Å². The van der Waals surface area contributed by atoms with E-state index in [1.807, 2.05) is 61.0 Å². The Morgan fingerprint density at radius 1 is 1.08 bits per heavy atom. The highest BCUT2D eigenvalue weighted by Gasteiger charge is 2.18. The Morgan fingerprint density at radius 2 is 1.77 bits per heavy atom. The summed E-state index contributed by atoms with van der Waals surface area (Å²) in [4.78, 5) is 12.6. The summed E-state index contributed by atoms with van der Waals surface area (Å²) in [5.41, 5.74) is 4.41. The first kappa shape index (κ1) is 18.2. The highest BCUT2D eigenvalue weighted by Crippen LogP contribution is 2.19. The van der Waals surface area contributed by atoms with Gasteiger partial charge in [0.15, 0.2) is 0 Å². The van der Waals surface area contributed by atoms with E-state index in [2.05, 4.69) is 22.5 Å². The van der Waals surface area contributed by atoms with Gasteiger partial charge in [-0.15, -0.1) is 0 Å². The van der Waals surface area contributed by atoms with Crippen LogP contribution in [0.15, 0.2) is 54.6 Å². The third kappa shape index (κ3) is 4.14. The maximum Gasteiger partial charge on any atom is 0.255 e. The van der Waals surface area contributed by atoms with Gasteiger partial charge in [0.1, 0.15) is 0 Å². The van der Waals surface area contributed by atoms with E-state index in [1.54, 1.807) is 0 Å². The molecule has 5 heteroatoms. The van der Waals surface area contributed by atoms with E-state index >= 15 is 0 Å². The fourth-order valence-electron chi connectivity index (χ4n) is 3.02. The summed E-state index contributed by atoms with van der Waals surface area (Å²) in [7, 11) is 0. The Morgan fingerprint density at radius 3 is 2.50 bits per heavy atom. The molecule has 26 heavy (non-hydrogen) atoms. The van der Waals surface area contributed by atoms with Crippen LogP contribution in [0, 0.1) is 13.8 Å². The summed E-state index contributed by atoms with van der Waals surface area (Å²) in [6.07, 6.45) is 0.804. The number of rotatable bonds is 6. The van der Waals surface area contributed by atoms with E-state index < -0.39 is 0 Å². The van der Waals surface area contributed by atoms with Crippen LogP contribution >= 0.6 is 11.6 Å². The molecule has 4 nitrogen and oxygen atoms in total. The molecule has 0 atom stereocenters. The minimum atomic E-state index is -0.0821. The molecule has 0 spiro atoms. The standard InChI is InChI=1S/C21H22ClN3O/c1-15-20(21(26)23-13-12-17-8-4-3-5-9-17)16(2)25(24-15)14-18-10-6-7-11-19(18)22/h3-11H,12-14H2,1-2H3,(H,23,26). The highest BCUT2D eigenvalue weighted by atomic mass is 35.5. The van der Waals surface area contributed by atoms with E-state index in [9.17, 15) is 4.79 Å². The average Bonchev–Trinajstić information content (AvgIpc) is 2.91. The summed E-state index contributed by atoms with van der Waals surface area (Å²) >= 11 is 6.24. The molecule has 1 amide bonds. The first-order chi connectivity index (χ1) is 12.6. The third-order valence-electron chi connectivity index (χ3n) is 4.43. The Labute approximate surface area is 158 Å². The van der Waals surface area contributed by atoms with Crippen LogP contribution in [0.1, 0.15) is 32.9 Å². The lowest BCUT2D eigenvalue weighted by Gasteiger charge is -2.08. The average molecular weight is 368 g/mol. The van der Waals surface area contributed by atoms with Crippen LogP contribution in [-0.2, 0) is 13.0 Å². The van der Waals surface area contributed by atoms with Gasteiger partial charge in [0.2, 0.25) is 0 Å². The quantitative estimate of drug-likeness (QED) is 0.710. The number of carbonyl (C=O) groups is 1. The molecule has 1 N–H and O–H groups in total. The minimum Gasteiger partial charge on any atom is -0.352 e. The van der Waals surface area contributed by atoms with Gasteiger partial charge in [-0.25, -0.2) is 0 Å². The predicted octanol–water partition coefficient (Wildman–Crippen LogP) is 4.17. The lowest BCUT2D eigenvalue weighted by Crippen LogP contribution is -2.26. The van der Waals surface area contributed by atoms with Gasteiger partial charge in [-0.05, 0) is 37.5 Å². The van der Waals surface area contributed by atoms with E-state index in [-0.39, 0.29) is 5.91 Å². The van der Waals surface area contributed by atoms with Gasteiger partial charge in [-0.1, -0.05) is 60.1 Å². The lowest BCUT2D eigenvalue weighted by atomic mass is 10.1. The molecule has 0 radical (unpaired) electrons. The molecule has 0 aliphatic rings. The molecule has 0 unspecified atom stereocenters. The molecule has 1 aromatic heterocycles. The van der Waals surface area contributed by atoms with E-state index in [1.165, 1.54) is 5.56 Å². The van der Waals surface area contributed by atoms with Crippen molar-refractivity contribution in [2.75, 3.05) is 6.54 Å². The summed E-state index contributed by atoms with van der Waals surface area (Å²) in [6, 6.07) is 17.8. The van der Waals surface area contributed by atoms with Crippen LogP contribution < -0.4 is 5.32 Å². The summed E-state index contributed by atoms with van der Waals surface area (Å²) in [6.45, 7) is 4.92. The van der Waals surface area contributed by atoms with Crippen LogP contribution in [0.25, 0.3) is 0 Å². The number of halogens is 1. The van der Waals surface area contributed by atoms with Crippen molar-refractivity contribution in [1.29, 1.82) is 0 Å². The number of hydrogen-bond acceptors (Lipinski definition) is 2. The van der Waals surface area contributed by atoms with Gasteiger partial charge in [-0.3, -0.25) is 9.48 Å². The molecule has 2 aromatic carbocycles. The van der Waals surface area contributed by atoms with Crippen molar-refractivity contribution >= 4 is 17.5 Å². The molecule has 0 bridgehead atoms. The Kier molecular flexibility index (Phi) is 5.74. The fraction of sp³-hybridized carbons (Fsp3) is 0.238. The van der Waals surface area contributed by atoms with Crippen molar-refractivity contribution in [1.82, 2.24) is 15.1 Å². The van der Waals surface area contributed by atoms with E-state index in [0.29, 0.717) is 23.7 Å². The molecule has 134 valence electrons. The van der Waals surface area contributed by atoms with Crippen LogP contribution in [0.2, 0.25) is 5.02 Å². The van der Waals surface area contributed by atoms with Crippen molar-refractivity contribution in [3.63, 3.8) is 0 Å². The monoisotopic (exact) mass is 367 g/mol. The molecule has 0 saturated carbocycles. The number of benzene rings is 2. The number of amides is 1. The zero-order valence-corrected chi connectivity index (χ0v) is 15.8. The second-order valence-electron chi connectivity index (χ2n) is 6.29. The summed E-state index contributed by atoms with van der Waals surface area (Å²) in [5, 5.41) is 8.23. The van der Waals surface area contributed by atoms with E-state index in [0.717, 1.165) is 23.4 Å². The Hall–Kier alpha value is -2.59. The molecule has 0 fully saturated rings. The van der Waals surface area contributed by atoms with Crippen molar-refractivity contribution in [3.8, 4) is 0 Å². The van der Waals surface area contributed by atoms with Crippen molar-refractivity contribution in [2.24, 2.45) is 0 Å². The maximum atomic E-state index is 12.6. The molecule has 0 aliphatic heterocycles. The third-order valence-corrected chi connectivity index (χ3v) is 4.80. The molecule has 0 aliphatic carbocycles. The van der Waals surface area contributed by atoms with Gasteiger partial charge in [0.25, 0.3) is 5.91 Å². The van der Waals surface area contributed by atoms with E-state index in [4.69, 9.17) is 11.6 Å². The van der Waals surface area contributed by atoms with Crippen LogP contribution in [-0.4, -0.2) is 22.2 Å². The first-order valence-corrected chi connectivity index (χ1v) is 9.03. The van der Waals surface area contributed by atoms with Gasteiger partial charge < -0.3 is 5.32 Å². The largest absolute Gasteiger partial charge is 0.352 e. The normalized spacial score (nSPS) is 10.7. The van der Waals surface area contributed by atoms with Gasteiger partial charge in [-0.2, -0.15) is 5.10 Å². The fourth-order valence-corrected chi connectivity index (χ4v) is 3.22. The molecule has 3 aromatic rings. The van der Waals surface area contributed by atoms with Crippen LogP contribution in [0.4, 0.5) is 0 Å². The number of nitrogens with zero attached hydrogens (tertiary/aromatic N) is 2. The second-order valence-corrected chi connectivity index (χ2v) is 6.69. The van der Waals surface area contributed by atoms with Crippen molar-refractivity contribution in [3.05, 3.63) is 87.7 Å². The van der Waals surface area contributed by atoms with Crippen molar-refractivity contribution < 1.29 is 4.79 Å². The number of nitrogens with one attached hydrogen (secondary N) is 1.